The molecule has 2 aromatic carbocycles. The van der Waals surface area contributed by atoms with Crippen molar-refractivity contribution >= 4 is 35.0 Å². The third-order valence-electron chi connectivity index (χ3n) is 5.69. The van der Waals surface area contributed by atoms with E-state index in [9.17, 15) is 14.0 Å². The monoisotopic (exact) mass is 464 g/mol. The van der Waals surface area contributed by atoms with E-state index in [-0.39, 0.29) is 23.7 Å². The fourth-order valence-corrected chi connectivity index (χ4v) is 4.30. The molecule has 0 spiro atoms. The van der Waals surface area contributed by atoms with Crippen LogP contribution in [-0.4, -0.2) is 35.2 Å². The van der Waals surface area contributed by atoms with Crippen LogP contribution in [-0.2, 0) is 16.0 Å². The fraction of sp³-hybridized carbons (Fsp3) is 0.417. The van der Waals surface area contributed by atoms with E-state index >= 15 is 0 Å². The van der Waals surface area contributed by atoms with E-state index in [1.54, 1.807) is 24.3 Å². The first kappa shape index (κ1) is 23.6. The fourth-order valence-electron chi connectivity index (χ4n) is 4.02. The van der Waals surface area contributed by atoms with Crippen molar-refractivity contribution in [3.05, 3.63) is 70.5 Å². The summed E-state index contributed by atoms with van der Waals surface area (Å²) in [5.41, 5.74) is 1.55. The number of nitrogens with one attached hydrogen (secondary N) is 1. The molecule has 0 aliphatic heterocycles. The average Bonchev–Trinajstić information content (AvgIpc) is 2.78. The third kappa shape index (κ3) is 6.68. The van der Waals surface area contributed by atoms with Crippen LogP contribution in [0.5, 0.6) is 0 Å². The van der Waals surface area contributed by atoms with Crippen molar-refractivity contribution in [3.8, 4) is 0 Å². The van der Waals surface area contributed by atoms with Crippen LogP contribution in [0.2, 0.25) is 5.02 Å². The summed E-state index contributed by atoms with van der Waals surface area (Å²) in [6.07, 6.45) is 5.71. The first-order valence-electron chi connectivity index (χ1n) is 10.6. The molecule has 0 bridgehead atoms. The zero-order valence-corrected chi connectivity index (χ0v) is 18.8. The molecule has 1 atom stereocenters. The van der Waals surface area contributed by atoms with E-state index in [2.05, 4.69) is 5.32 Å². The molecule has 2 aromatic rings. The van der Waals surface area contributed by atoms with Crippen molar-refractivity contribution in [1.29, 1.82) is 0 Å². The molecular formula is C24H27Cl2FN2O2. The Morgan fingerprint density at radius 1 is 1.03 bits per heavy atom. The summed E-state index contributed by atoms with van der Waals surface area (Å²) in [7, 11) is 0. The summed E-state index contributed by atoms with van der Waals surface area (Å²) >= 11 is 11.9. The Hall–Kier alpha value is -2.11. The largest absolute Gasteiger partial charge is 0.351 e. The minimum Gasteiger partial charge on any atom is -0.351 e. The molecule has 0 radical (unpaired) electrons. The molecule has 7 heteroatoms. The van der Waals surface area contributed by atoms with Crippen molar-refractivity contribution in [2.45, 2.75) is 50.6 Å². The van der Waals surface area contributed by atoms with Gasteiger partial charge in [0.2, 0.25) is 11.8 Å². The van der Waals surface area contributed by atoms with Gasteiger partial charge in [0.15, 0.2) is 0 Å². The van der Waals surface area contributed by atoms with Gasteiger partial charge < -0.3 is 10.2 Å². The second-order valence-electron chi connectivity index (χ2n) is 7.89. The SMILES string of the molecule is O=C(NC1CCCCC1)[C@@H](c1ccc(F)cc1)N(CCc1ccc(Cl)cc1)C(=O)CCl. The number of halogens is 3. The van der Waals surface area contributed by atoms with Crippen LogP contribution >= 0.6 is 23.2 Å². The summed E-state index contributed by atoms with van der Waals surface area (Å²) in [5, 5.41) is 3.74. The first-order chi connectivity index (χ1) is 15.0. The highest BCUT2D eigenvalue weighted by Gasteiger charge is 2.32. The standard InChI is InChI=1S/C24H27Cl2FN2O2/c25-16-22(30)29(15-14-17-6-10-19(26)11-7-17)23(18-8-12-20(27)13-9-18)24(31)28-21-4-2-1-3-5-21/h6-13,21,23H,1-5,14-16H2,(H,28,31)/t23-/m1/s1. The van der Waals surface area contributed by atoms with Crippen LogP contribution in [0.1, 0.15) is 49.3 Å². The topological polar surface area (TPSA) is 49.4 Å². The highest BCUT2D eigenvalue weighted by atomic mass is 35.5. The van der Waals surface area contributed by atoms with Crippen LogP contribution < -0.4 is 5.32 Å². The molecular weight excluding hydrogens is 438 g/mol. The maximum Gasteiger partial charge on any atom is 0.247 e. The molecule has 0 aromatic heterocycles. The predicted octanol–water partition coefficient (Wildman–Crippen LogP) is 5.28. The summed E-state index contributed by atoms with van der Waals surface area (Å²) in [5.74, 6) is -1.24. The lowest BCUT2D eigenvalue weighted by atomic mass is 9.94. The van der Waals surface area contributed by atoms with Gasteiger partial charge in [-0.25, -0.2) is 4.39 Å². The number of hydrogen-bond acceptors (Lipinski definition) is 2. The van der Waals surface area contributed by atoms with Gasteiger partial charge in [-0.1, -0.05) is 55.1 Å². The molecule has 4 nitrogen and oxygen atoms in total. The number of nitrogens with zero attached hydrogens (tertiary/aromatic N) is 1. The van der Waals surface area contributed by atoms with Gasteiger partial charge in [0.05, 0.1) is 0 Å². The van der Waals surface area contributed by atoms with Crippen molar-refractivity contribution in [2.24, 2.45) is 0 Å². The van der Waals surface area contributed by atoms with E-state index in [0.717, 1.165) is 31.2 Å². The molecule has 1 N–H and O–H groups in total. The van der Waals surface area contributed by atoms with Crippen LogP contribution in [0.3, 0.4) is 0 Å². The quantitative estimate of drug-likeness (QED) is 0.540. The van der Waals surface area contributed by atoms with Gasteiger partial charge in [0, 0.05) is 17.6 Å². The van der Waals surface area contributed by atoms with Gasteiger partial charge in [0.25, 0.3) is 0 Å². The zero-order valence-electron chi connectivity index (χ0n) is 17.3. The van der Waals surface area contributed by atoms with Gasteiger partial charge in [-0.05, 0) is 54.7 Å². The molecule has 0 heterocycles. The van der Waals surface area contributed by atoms with Gasteiger partial charge in [0.1, 0.15) is 17.7 Å². The van der Waals surface area contributed by atoms with Crippen molar-refractivity contribution in [2.75, 3.05) is 12.4 Å². The highest BCUT2D eigenvalue weighted by molar-refractivity contribution is 6.30. The minimum atomic E-state index is -0.874. The van der Waals surface area contributed by atoms with Crippen LogP contribution in [0, 0.1) is 5.82 Å². The molecule has 1 saturated carbocycles. The second-order valence-corrected chi connectivity index (χ2v) is 8.60. The smallest absolute Gasteiger partial charge is 0.247 e. The Labute approximate surface area is 192 Å². The van der Waals surface area contributed by atoms with Crippen molar-refractivity contribution in [1.82, 2.24) is 10.2 Å². The molecule has 0 saturated heterocycles. The van der Waals surface area contributed by atoms with E-state index in [0.29, 0.717) is 23.6 Å². The van der Waals surface area contributed by atoms with Gasteiger partial charge in [-0.3, -0.25) is 9.59 Å². The van der Waals surface area contributed by atoms with Crippen molar-refractivity contribution in [3.63, 3.8) is 0 Å². The molecule has 31 heavy (non-hydrogen) atoms. The lowest BCUT2D eigenvalue weighted by Gasteiger charge is -2.33. The van der Waals surface area contributed by atoms with E-state index < -0.39 is 11.9 Å². The Morgan fingerprint density at radius 3 is 2.29 bits per heavy atom. The van der Waals surface area contributed by atoms with Crippen LogP contribution in [0.25, 0.3) is 0 Å². The van der Waals surface area contributed by atoms with Crippen LogP contribution in [0.4, 0.5) is 4.39 Å². The Balaban J connectivity index is 1.85. The third-order valence-corrected chi connectivity index (χ3v) is 6.17. The summed E-state index contributed by atoms with van der Waals surface area (Å²) in [6, 6.07) is 12.3. The predicted molar refractivity (Wildman–Crippen MR) is 122 cm³/mol. The summed E-state index contributed by atoms with van der Waals surface area (Å²) in [4.78, 5) is 27.6. The summed E-state index contributed by atoms with van der Waals surface area (Å²) in [6.45, 7) is 0.299. The maximum absolute atomic E-state index is 13.5. The van der Waals surface area contributed by atoms with Crippen molar-refractivity contribution < 1.29 is 14.0 Å². The number of rotatable bonds is 8. The van der Waals surface area contributed by atoms with Gasteiger partial charge in [-0.15, -0.1) is 11.6 Å². The van der Waals surface area contributed by atoms with E-state index in [1.165, 1.54) is 23.5 Å². The maximum atomic E-state index is 13.5. The molecule has 1 aliphatic carbocycles. The molecule has 1 aliphatic rings. The molecule has 166 valence electrons. The molecule has 1 fully saturated rings. The lowest BCUT2D eigenvalue weighted by molar-refractivity contribution is -0.139. The lowest BCUT2D eigenvalue weighted by Crippen LogP contribution is -2.48. The number of benzene rings is 2. The van der Waals surface area contributed by atoms with Gasteiger partial charge in [-0.2, -0.15) is 0 Å². The highest BCUT2D eigenvalue weighted by Crippen LogP contribution is 2.25. The number of hydrogen-bond donors (Lipinski definition) is 1. The molecule has 2 amide bonds. The number of carbonyl (C=O) groups excluding carboxylic acids is 2. The number of alkyl halides is 1. The Kier molecular flexibility index (Phi) is 8.73. The normalized spacial score (nSPS) is 15.3. The van der Waals surface area contributed by atoms with E-state index in [1.807, 2.05) is 12.1 Å². The minimum absolute atomic E-state index is 0.0911. The van der Waals surface area contributed by atoms with Gasteiger partial charge >= 0.3 is 0 Å². The second kappa shape index (κ2) is 11.5. The first-order valence-corrected chi connectivity index (χ1v) is 11.5. The average molecular weight is 465 g/mol. The number of amides is 2. The summed E-state index contributed by atoms with van der Waals surface area (Å²) < 4.78 is 13.5. The molecule has 3 rings (SSSR count). The van der Waals surface area contributed by atoms with Crippen LogP contribution in [0.15, 0.2) is 48.5 Å². The Morgan fingerprint density at radius 2 is 1.68 bits per heavy atom. The Bertz CT molecular complexity index is 868. The number of carbonyl (C=O) groups is 2. The van der Waals surface area contributed by atoms with E-state index in [4.69, 9.17) is 23.2 Å². The zero-order chi connectivity index (χ0) is 22.2. The molecule has 0 unspecified atom stereocenters.